The average molecular weight is 1070 g/mol. The summed E-state index contributed by atoms with van der Waals surface area (Å²) >= 11 is 4.24. The summed E-state index contributed by atoms with van der Waals surface area (Å²) in [5.74, 6) is 0.324. The number of aryl methyl sites for hydroxylation is 5. The lowest BCUT2D eigenvalue weighted by molar-refractivity contribution is -0.685. The zero-order chi connectivity index (χ0) is 44.2. The zero-order valence-electron chi connectivity index (χ0n) is 34.5. The second-order valence-corrected chi connectivity index (χ2v) is 16.2. The highest BCUT2D eigenvalue weighted by molar-refractivity contribution is 15.0. The first-order valence-corrected chi connectivity index (χ1v) is 26.1. The summed E-state index contributed by atoms with van der Waals surface area (Å²) < 4.78 is 31.7. The molecule has 5 aliphatic rings. The zero-order valence-corrected chi connectivity index (χ0v) is 38.8. The summed E-state index contributed by atoms with van der Waals surface area (Å²) in [6.45, 7) is 2.00. The molecule has 0 amide bonds. The lowest BCUT2D eigenvalue weighted by atomic mass is 9.98. The number of hydrogen-bond donors (Lipinski definition) is 8. The third-order valence-corrected chi connectivity index (χ3v) is 12.2. The van der Waals surface area contributed by atoms with Crippen LogP contribution in [0.1, 0.15) is 71.3 Å². The smallest absolute Gasteiger partial charge is 0.247 e. The van der Waals surface area contributed by atoms with Gasteiger partial charge in [0, 0.05) is 105 Å². The van der Waals surface area contributed by atoms with E-state index in [4.69, 9.17) is 24.1 Å². The highest BCUT2D eigenvalue weighted by Crippen LogP contribution is 2.44. The van der Waals surface area contributed by atoms with Gasteiger partial charge < -0.3 is 68.9 Å². The molecule has 0 radical (unpaired) electrons. The molecule has 8 N–H and O–H groups in total. The minimum Gasteiger partial charge on any atom is -0.394 e. The predicted octanol–water partition coefficient (Wildman–Crippen LogP) is 0.507. The Kier molecular flexibility index (Phi) is 14.2. The Bertz CT molecular complexity index is 2430. The summed E-state index contributed by atoms with van der Waals surface area (Å²) in [6, 6.07) is 5.98. The standard InChI is InChI=1S/C14H19N2O5.C14H17N2O4.C14H18NO3.I2/c1-15-4-3-8-10-7(5-16(8)2)12(19)13(9(18)6-17)21-14(20)11(10)15;1-15-4-3-8-10-7(5-16(8)2)12-13(9(17)6-19-12)20-14(18)11(10)15;1-8-5-10(14-13(17)12(16)7-18-14)11-6-15(2)4-3-9(8)11;1-2/h3-5,9,12-14,17-20H,6H2,1-2H3;3-5,9,12-14,17-18H,6H2,1-2H3;3-6,8,12-14,16-17H,7H2,1-2H3;/q3*+1;/t9-,12-,13+,14+;9-,12+,13+,14+;8?,12-,13+,14+;/m000./s1. The monoisotopic (exact) mass is 1070 g/mol. The number of ether oxygens (including phenoxy) is 4. The van der Waals surface area contributed by atoms with E-state index in [1.54, 1.807) is 24.0 Å². The van der Waals surface area contributed by atoms with E-state index in [0.29, 0.717) is 28.3 Å². The van der Waals surface area contributed by atoms with Crippen LogP contribution in [0.15, 0.2) is 61.5 Å². The molecule has 0 bridgehead atoms. The topological polar surface area (TPSA) is 220 Å². The van der Waals surface area contributed by atoms with Gasteiger partial charge in [-0.2, -0.15) is 0 Å². The van der Waals surface area contributed by atoms with Crippen molar-refractivity contribution < 1.29 is 73.5 Å². The maximum absolute atomic E-state index is 10.5. The summed E-state index contributed by atoms with van der Waals surface area (Å²) in [5.41, 5.74) is 7.96. The number of halogens is 2. The number of nitrogens with zero attached hydrogens (tertiary/aromatic N) is 5. The van der Waals surface area contributed by atoms with Gasteiger partial charge >= 0.3 is 0 Å². The Morgan fingerprint density at radius 3 is 1.90 bits per heavy atom. The number of aliphatic hydroxyl groups excluding tert-OH is 8. The molecule has 5 aromatic heterocycles. The third kappa shape index (κ3) is 8.40. The Morgan fingerprint density at radius 2 is 1.31 bits per heavy atom. The first kappa shape index (κ1) is 46.2. The lowest BCUT2D eigenvalue weighted by Crippen LogP contribution is -2.39. The summed E-state index contributed by atoms with van der Waals surface area (Å²) in [7, 11) is 9.42. The van der Waals surface area contributed by atoms with Crippen molar-refractivity contribution in [3.8, 4) is 0 Å². The first-order chi connectivity index (χ1) is 29.1. The van der Waals surface area contributed by atoms with Crippen molar-refractivity contribution in [2.24, 2.45) is 35.2 Å². The first-order valence-electron chi connectivity index (χ1n) is 19.8. The minimum atomic E-state index is -1.30. The number of aliphatic hydroxyl groups is 8. The molecule has 61 heavy (non-hydrogen) atoms. The fraction of sp³-hybridized carbons (Fsp3) is 0.500. The van der Waals surface area contributed by atoms with Gasteiger partial charge in [0.05, 0.1) is 41.6 Å². The molecule has 2 saturated heterocycles. The summed E-state index contributed by atoms with van der Waals surface area (Å²) in [6.07, 6.45) is 4.08. The molecule has 19 heteroatoms. The summed E-state index contributed by atoms with van der Waals surface area (Å²) in [4.78, 5) is 0. The van der Waals surface area contributed by atoms with Gasteiger partial charge in [-0.05, 0) is 11.1 Å². The molecule has 0 spiro atoms. The second-order valence-electron chi connectivity index (χ2n) is 16.2. The molecule has 12 atom stereocenters. The van der Waals surface area contributed by atoms with Gasteiger partial charge in [0.2, 0.25) is 24.0 Å². The van der Waals surface area contributed by atoms with Crippen molar-refractivity contribution in [2.45, 2.75) is 80.4 Å². The van der Waals surface area contributed by atoms with Crippen LogP contribution in [0.5, 0.6) is 0 Å². The predicted molar refractivity (Wildman–Crippen MR) is 234 cm³/mol. The average Bonchev–Trinajstić information content (AvgIpc) is 4.01. The van der Waals surface area contributed by atoms with Crippen molar-refractivity contribution in [1.82, 2.24) is 9.13 Å². The van der Waals surface area contributed by atoms with E-state index >= 15 is 0 Å². The summed E-state index contributed by atoms with van der Waals surface area (Å²) in [5, 5.41) is 81.4. The maximum atomic E-state index is 10.5. The fourth-order valence-corrected chi connectivity index (χ4v) is 9.13. The minimum absolute atomic E-state index is 0.200. The molecule has 2 fully saturated rings. The van der Waals surface area contributed by atoms with Gasteiger partial charge in [-0.15, -0.1) is 0 Å². The molecule has 4 aliphatic heterocycles. The van der Waals surface area contributed by atoms with E-state index < -0.39 is 68.0 Å². The molecule has 9 heterocycles. The number of allylic oxidation sites excluding steroid dienone is 1. The van der Waals surface area contributed by atoms with Gasteiger partial charge in [0.15, 0.2) is 24.8 Å². The van der Waals surface area contributed by atoms with Crippen LogP contribution in [0, 0.1) is 0 Å². The number of rotatable bonds is 3. The quantitative estimate of drug-likeness (QED) is 0.0916. The van der Waals surface area contributed by atoms with E-state index in [2.05, 4.69) is 56.3 Å². The Morgan fingerprint density at radius 1 is 0.754 bits per heavy atom. The highest BCUT2D eigenvalue weighted by Gasteiger charge is 2.47. The van der Waals surface area contributed by atoms with Gasteiger partial charge in [-0.25, -0.2) is 13.7 Å². The van der Waals surface area contributed by atoms with Crippen LogP contribution in [0.3, 0.4) is 0 Å². The molecule has 5 aromatic rings. The lowest BCUT2D eigenvalue weighted by Gasteiger charge is -2.25. The SMILES string of the molecule is CC1C=C([C@H]2OC[C@H](O)[C@H]2O)c2c[n+](C)ccc21.Cn1cc2c3c([n+](C)ccc31)[C@H](O)O[C@H]([C@@H](O)CO)[C@H]2O.Cn1cc2c3c([n+](C)ccc31)[C@H](O)O[C@H]1[C@@H]2OC[C@@H]1O.II. The normalized spacial score (nSPS) is 30.2. The van der Waals surface area contributed by atoms with E-state index in [9.17, 15) is 35.7 Å². The molecule has 330 valence electrons. The number of aromatic nitrogens is 5. The van der Waals surface area contributed by atoms with Gasteiger partial charge in [-0.3, -0.25) is 0 Å². The van der Waals surface area contributed by atoms with Gasteiger partial charge in [-0.1, -0.05) is 13.0 Å². The van der Waals surface area contributed by atoms with Crippen LogP contribution in [0.4, 0.5) is 0 Å². The van der Waals surface area contributed by atoms with E-state index in [1.165, 1.54) is 5.56 Å². The number of hydrogen-bond acceptors (Lipinski definition) is 12. The van der Waals surface area contributed by atoms with Crippen LogP contribution < -0.4 is 13.7 Å². The molecule has 1 aliphatic carbocycles. The largest absolute Gasteiger partial charge is 0.394 e. The molecule has 0 aromatic carbocycles. The van der Waals surface area contributed by atoms with Crippen molar-refractivity contribution in [3.05, 3.63) is 95.1 Å². The van der Waals surface area contributed by atoms with Crippen molar-refractivity contribution in [2.75, 3.05) is 19.8 Å². The van der Waals surface area contributed by atoms with Crippen LogP contribution in [0.2, 0.25) is 0 Å². The van der Waals surface area contributed by atoms with Crippen molar-refractivity contribution in [1.29, 1.82) is 0 Å². The number of pyridine rings is 3. The number of fused-ring (bicyclic) bond motifs is 3. The van der Waals surface area contributed by atoms with Crippen LogP contribution in [0.25, 0.3) is 27.4 Å². The molecular formula is C42H54I2N5O12+3. The van der Waals surface area contributed by atoms with Gasteiger partial charge in [0.1, 0.15) is 76.1 Å². The molecule has 10 rings (SSSR count). The molecule has 0 saturated carbocycles. The maximum Gasteiger partial charge on any atom is 0.247 e. The second kappa shape index (κ2) is 18.8. The van der Waals surface area contributed by atoms with Crippen LogP contribution in [-0.2, 0) is 54.2 Å². The van der Waals surface area contributed by atoms with E-state index in [1.807, 2.05) is 83.4 Å². The Balaban J connectivity index is 0.000000136. The molecule has 17 nitrogen and oxygen atoms in total. The Hall–Kier alpha value is -2.75. The highest BCUT2D eigenvalue weighted by atomic mass is 128. The molecular weight excluding hydrogens is 1020 g/mol. The Labute approximate surface area is 375 Å². The van der Waals surface area contributed by atoms with Crippen LogP contribution >= 0.6 is 37.2 Å². The third-order valence-electron chi connectivity index (χ3n) is 12.2. The van der Waals surface area contributed by atoms with E-state index in [-0.39, 0.29) is 19.3 Å². The fourth-order valence-electron chi connectivity index (χ4n) is 9.13. The van der Waals surface area contributed by atoms with Crippen LogP contribution in [-0.4, -0.2) is 113 Å². The van der Waals surface area contributed by atoms with Gasteiger partial charge in [0.25, 0.3) is 0 Å². The van der Waals surface area contributed by atoms with Crippen molar-refractivity contribution in [3.63, 3.8) is 0 Å². The molecule has 1 unspecified atom stereocenters. The van der Waals surface area contributed by atoms with E-state index in [0.717, 1.165) is 33.1 Å². The van der Waals surface area contributed by atoms with Crippen molar-refractivity contribution >= 4 is 64.6 Å².